The molecule has 1 fully saturated rings. The summed E-state index contributed by atoms with van der Waals surface area (Å²) < 4.78 is 6.96. The summed E-state index contributed by atoms with van der Waals surface area (Å²) in [7, 11) is 0. The summed E-state index contributed by atoms with van der Waals surface area (Å²) >= 11 is 2.33. The van der Waals surface area contributed by atoms with Gasteiger partial charge < -0.3 is 10.1 Å². The van der Waals surface area contributed by atoms with Crippen LogP contribution in [0.4, 0.5) is 0 Å². The van der Waals surface area contributed by atoms with E-state index in [0.29, 0.717) is 6.10 Å². The lowest BCUT2D eigenvalue weighted by Gasteiger charge is -2.22. The highest BCUT2D eigenvalue weighted by atomic mass is 127. The van der Waals surface area contributed by atoms with Crippen LogP contribution in [0.1, 0.15) is 24.8 Å². The zero-order chi connectivity index (χ0) is 11.2. The van der Waals surface area contributed by atoms with Crippen molar-refractivity contribution in [1.82, 2.24) is 5.32 Å². The molecule has 1 aliphatic heterocycles. The van der Waals surface area contributed by atoms with E-state index in [1.54, 1.807) is 0 Å². The van der Waals surface area contributed by atoms with Crippen LogP contribution in [0.15, 0.2) is 24.3 Å². The third-order valence-electron chi connectivity index (χ3n) is 2.89. The van der Waals surface area contributed by atoms with Gasteiger partial charge in [-0.25, -0.2) is 0 Å². The van der Waals surface area contributed by atoms with Gasteiger partial charge in [0.05, 0.1) is 6.10 Å². The van der Waals surface area contributed by atoms with Gasteiger partial charge in [0, 0.05) is 23.3 Å². The van der Waals surface area contributed by atoms with Crippen molar-refractivity contribution in [2.24, 2.45) is 0 Å². The van der Waals surface area contributed by atoms with Crippen LogP contribution < -0.4 is 5.32 Å². The van der Waals surface area contributed by atoms with Crippen LogP contribution in [0, 0.1) is 3.57 Å². The van der Waals surface area contributed by atoms with Crippen molar-refractivity contribution in [3.8, 4) is 0 Å². The van der Waals surface area contributed by atoms with Crippen LogP contribution in [-0.2, 0) is 11.3 Å². The molecule has 0 radical (unpaired) electrons. The fourth-order valence-electron chi connectivity index (χ4n) is 1.95. The quantitative estimate of drug-likeness (QED) is 0.857. The largest absolute Gasteiger partial charge is 0.377 e. The molecule has 1 heterocycles. The maximum Gasteiger partial charge on any atom is 0.0699 e. The molecule has 0 bridgehead atoms. The molecule has 1 aromatic rings. The van der Waals surface area contributed by atoms with Crippen molar-refractivity contribution in [2.75, 3.05) is 13.2 Å². The Balaban J connectivity index is 1.69. The van der Waals surface area contributed by atoms with E-state index in [4.69, 9.17) is 4.74 Å². The van der Waals surface area contributed by atoms with Crippen molar-refractivity contribution in [3.63, 3.8) is 0 Å². The van der Waals surface area contributed by atoms with Gasteiger partial charge in [-0.05, 0) is 59.5 Å². The second kappa shape index (κ2) is 6.57. The van der Waals surface area contributed by atoms with Crippen molar-refractivity contribution in [3.05, 3.63) is 33.4 Å². The van der Waals surface area contributed by atoms with E-state index in [1.807, 2.05) is 0 Å². The smallest absolute Gasteiger partial charge is 0.0699 e. The molecule has 0 spiro atoms. The van der Waals surface area contributed by atoms with Crippen LogP contribution in [-0.4, -0.2) is 19.3 Å². The van der Waals surface area contributed by atoms with E-state index >= 15 is 0 Å². The molecular weight excluding hydrogens is 313 g/mol. The Morgan fingerprint density at radius 2 is 2.06 bits per heavy atom. The number of rotatable bonds is 4. The average molecular weight is 331 g/mol. The SMILES string of the molecule is Ic1ccc(CNCC2CCCCO2)cc1. The minimum absolute atomic E-state index is 0.428. The highest BCUT2D eigenvalue weighted by Gasteiger charge is 2.12. The predicted molar refractivity (Wildman–Crippen MR) is 74.5 cm³/mol. The first kappa shape index (κ1) is 12.3. The molecule has 0 aromatic heterocycles. The Hall–Kier alpha value is -0.130. The van der Waals surface area contributed by atoms with Crippen molar-refractivity contribution < 1.29 is 4.74 Å². The molecule has 0 amide bonds. The van der Waals surface area contributed by atoms with Gasteiger partial charge in [-0.2, -0.15) is 0 Å². The summed E-state index contributed by atoms with van der Waals surface area (Å²) in [5.74, 6) is 0. The van der Waals surface area contributed by atoms with Crippen molar-refractivity contribution >= 4 is 22.6 Å². The van der Waals surface area contributed by atoms with Gasteiger partial charge >= 0.3 is 0 Å². The lowest BCUT2D eigenvalue weighted by Crippen LogP contribution is -2.31. The first-order chi connectivity index (χ1) is 7.84. The summed E-state index contributed by atoms with van der Waals surface area (Å²) in [6.45, 7) is 2.86. The Kier molecular flexibility index (Phi) is 5.06. The van der Waals surface area contributed by atoms with Crippen molar-refractivity contribution in [2.45, 2.75) is 31.9 Å². The Bertz CT molecular complexity index is 306. The van der Waals surface area contributed by atoms with E-state index in [2.05, 4.69) is 52.2 Å². The lowest BCUT2D eigenvalue weighted by molar-refractivity contribution is 0.0168. The minimum Gasteiger partial charge on any atom is -0.377 e. The number of benzene rings is 1. The molecule has 1 atom stereocenters. The molecule has 0 aliphatic carbocycles. The number of halogens is 1. The van der Waals surface area contributed by atoms with E-state index in [0.717, 1.165) is 19.7 Å². The van der Waals surface area contributed by atoms with Gasteiger partial charge in [-0.15, -0.1) is 0 Å². The predicted octanol–water partition coefficient (Wildman–Crippen LogP) is 2.95. The standard InChI is InChI=1S/C13H18INO/c14-12-6-4-11(5-7-12)9-15-10-13-3-1-2-8-16-13/h4-7,13,15H,1-3,8-10H2. The zero-order valence-electron chi connectivity index (χ0n) is 9.42. The maximum absolute atomic E-state index is 5.67. The van der Waals surface area contributed by atoms with Gasteiger partial charge in [-0.1, -0.05) is 12.1 Å². The van der Waals surface area contributed by atoms with Crippen LogP contribution in [0.3, 0.4) is 0 Å². The number of nitrogens with one attached hydrogen (secondary N) is 1. The van der Waals surface area contributed by atoms with Gasteiger partial charge in [0.25, 0.3) is 0 Å². The Morgan fingerprint density at radius 3 is 2.75 bits per heavy atom. The second-order valence-corrected chi connectivity index (χ2v) is 5.49. The molecule has 88 valence electrons. The van der Waals surface area contributed by atoms with E-state index in [9.17, 15) is 0 Å². The van der Waals surface area contributed by atoms with Crippen LogP contribution in [0.2, 0.25) is 0 Å². The van der Waals surface area contributed by atoms with Gasteiger partial charge in [-0.3, -0.25) is 0 Å². The van der Waals surface area contributed by atoms with E-state index < -0.39 is 0 Å². The molecule has 1 N–H and O–H groups in total. The Labute approximate surface area is 111 Å². The zero-order valence-corrected chi connectivity index (χ0v) is 11.6. The minimum atomic E-state index is 0.428. The monoisotopic (exact) mass is 331 g/mol. The topological polar surface area (TPSA) is 21.3 Å². The number of hydrogen-bond donors (Lipinski definition) is 1. The molecule has 2 rings (SSSR count). The molecule has 2 nitrogen and oxygen atoms in total. The third kappa shape index (κ3) is 4.03. The number of hydrogen-bond acceptors (Lipinski definition) is 2. The fraction of sp³-hybridized carbons (Fsp3) is 0.538. The molecule has 16 heavy (non-hydrogen) atoms. The molecule has 1 aliphatic rings. The maximum atomic E-state index is 5.67. The van der Waals surface area contributed by atoms with Gasteiger partial charge in [0.15, 0.2) is 0 Å². The van der Waals surface area contributed by atoms with E-state index in [1.165, 1.54) is 28.4 Å². The number of ether oxygens (including phenoxy) is 1. The normalized spacial score (nSPS) is 20.9. The lowest BCUT2D eigenvalue weighted by atomic mass is 10.1. The summed E-state index contributed by atoms with van der Waals surface area (Å²) in [6, 6.07) is 8.65. The van der Waals surface area contributed by atoms with Gasteiger partial charge in [0.1, 0.15) is 0 Å². The van der Waals surface area contributed by atoms with Crippen LogP contribution in [0.25, 0.3) is 0 Å². The molecule has 1 aromatic carbocycles. The van der Waals surface area contributed by atoms with Crippen LogP contribution in [0.5, 0.6) is 0 Å². The molecular formula is C13H18INO. The highest BCUT2D eigenvalue weighted by molar-refractivity contribution is 14.1. The summed E-state index contributed by atoms with van der Waals surface area (Å²) in [5.41, 5.74) is 1.34. The first-order valence-corrected chi connectivity index (χ1v) is 6.99. The molecule has 3 heteroatoms. The highest BCUT2D eigenvalue weighted by Crippen LogP contribution is 2.12. The van der Waals surface area contributed by atoms with Gasteiger partial charge in [0.2, 0.25) is 0 Å². The van der Waals surface area contributed by atoms with E-state index in [-0.39, 0.29) is 0 Å². The molecule has 1 unspecified atom stereocenters. The summed E-state index contributed by atoms with van der Waals surface area (Å²) in [6.07, 6.45) is 4.18. The third-order valence-corrected chi connectivity index (χ3v) is 3.61. The Morgan fingerprint density at radius 1 is 1.25 bits per heavy atom. The summed E-state index contributed by atoms with van der Waals surface area (Å²) in [4.78, 5) is 0. The van der Waals surface area contributed by atoms with Crippen LogP contribution >= 0.6 is 22.6 Å². The summed E-state index contributed by atoms with van der Waals surface area (Å²) in [5, 5.41) is 3.46. The second-order valence-electron chi connectivity index (χ2n) is 4.25. The molecule has 0 saturated carbocycles. The molecule has 1 saturated heterocycles. The fourth-order valence-corrected chi connectivity index (χ4v) is 2.31. The first-order valence-electron chi connectivity index (χ1n) is 5.91. The average Bonchev–Trinajstić information content (AvgIpc) is 2.33. The van der Waals surface area contributed by atoms with Crippen molar-refractivity contribution in [1.29, 1.82) is 0 Å².